The van der Waals surface area contributed by atoms with Crippen LogP contribution >= 0.6 is 23.1 Å². The Labute approximate surface area is 191 Å². The standard InChI is InChI=1S/C23H29N3O3S2/c1-3-5-19(23(29)26-10-8-20-17(13-26)9-11-31-20)25-22(28)15-30-14-21(27)24-18-7-4-6-16(2)12-18/h4,6-7,9,11-12,19H,3,5,8,10,13-15H2,1-2H3,(H,24,27)(H,25,28). The number of hydrogen-bond acceptors (Lipinski definition) is 5. The largest absolute Gasteiger partial charge is 0.344 e. The van der Waals surface area contributed by atoms with Crippen LogP contribution in [0.4, 0.5) is 5.69 Å². The number of rotatable bonds is 9. The minimum absolute atomic E-state index is 0.0192. The van der Waals surface area contributed by atoms with Crippen molar-refractivity contribution in [1.82, 2.24) is 10.2 Å². The molecule has 8 heteroatoms. The van der Waals surface area contributed by atoms with Gasteiger partial charge in [0.15, 0.2) is 0 Å². The summed E-state index contributed by atoms with van der Waals surface area (Å²) in [5.41, 5.74) is 3.03. The molecule has 0 radical (unpaired) electrons. The van der Waals surface area contributed by atoms with Crippen molar-refractivity contribution >= 4 is 46.5 Å². The molecule has 1 aromatic carbocycles. The highest BCUT2D eigenvalue weighted by molar-refractivity contribution is 8.00. The zero-order chi connectivity index (χ0) is 22.2. The van der Waals surface area contributed by atoms with Gasteiger partial charge in [-0.1, -0.05) is 25.5 Å². The molecule has 0 fully saturated rings. The Kier molecular flexibility index (Phi) is 8.54. The summed E-state index contributed by atoms with van der Waals surface area (Å²) < 4.78 is 0. The van der Waals surface area contributed by atoms with E-state index >= 15 is 0 Å². The summed E-state index contributed by atoms with van der Waals surface area (Å²) in [6.07, 6.45) is 2.29. The van der Waals surface area contributed by atoms with Gasteiger partial charge in [0.1, 0.15) is 6.04 Å². The molecule has 2 aromatic rings. The van der Waals surface area contributed by atoms with Gasteiger partial charge in [-0.05, 0) is 54.5 Å². The zero-order valence-corrected chi connectivity index (χ0v) is 19.6. The quantitative estimate of drug-likeness (QED) is 0.601. The Morgan fingerprint density at radius 1 is 1.19 bits per heavy atom. The van der Waals surface area contributed by atoms with Crippen LogP contribution in [0, 0.1) is 6.92 Å². The SMILES string of the molecule is CCCC(NC(=O)CSCC(=O)Nc1cccc(C)c1)C(=O)N1CCc2sccc2C1. The third kappa shape index (κ3) is 6.83. The van der Waals surface area contributed by atoms with Crippen molar-refractivity contribution in [3.05, 3.63) is 51.7 Å². The van der Waals surface area contributed by atoms with Gasteiger partial charge in [-0.25, -0.2) is 0 Å². The molecule has 2 N–H and O–H groups in total. The normalized spacial score (nSPS) is 13.9. The van der Waals surface area contributed by atoms with E-state index in [1.54, 1.807) is 11.3 Å². The van der Waals surface area contributed by atoms with E-state index < -0.39 is 6.04 Å². The predicted octanol–water partition coefficient (Wildman–Crippen LogP) is 3.60. The first-order chi connectivity index (χ1) is 15.0. The summed E-state index contributed by atoms with van der Waals surface area (Å²) in [6, 6.07) is 9.15. The second-order valence-electron chi connectivity index (χ2n) is 7.70. The number of carbonyl (C=O) groups is 3. The number of anilines is 1. The van der Waals surface area contributed by atoms with Gasteiger partial charge >= 0.3 is 0 Å². The van der Waals surface area contributed by atoms with Crippen LogP contribution in [0.3, 0.4) is 0 Å². The molecule has 0 aliphatic carbocycles. The maximum absolute atomic E-state index is 13.0. The number of hydrogen-bond donors (Lipinski definition) is 2. The second kappa shape index (κ2) is 11.3. The third-order valence-electron chi connectivity index (χ3n) is 5.10. The first-order valence-corrected chi connectivity index (χ1v) is 12.6. The highest BCUT2D eigenvalue weighted by atomic mass is 32.2. The Hall–Kier alpha value is -2.32. The molecule has 3 amide bonds. The lowest BCUT2D eigenvalue weighted by Gasteiger charge is -2.30. The highest BCUT2D eigenvalue weighted by Gasteiger charge is 2.28. The number of benzene rings is 1. The fraction of sp³-hybridized carbons (Fsp3) is 0.435. The molecule has 1 aliphatic heterocycles. The number of amides is 3. The summed E-state index contributed by atoms with van der Waals surface area (Å²) in [6.45, 7) is 5.27. The van der Waals surface area contributed by atoms with E-state index in [0.29, 0.717) is 19.5 Å². The lowest BCUT2D eigenvalue weighted by molar-refractivity contribution is -0.137. The van der Waals surface area contributed by atoms with Crippen molar-refractivity contribution in [2.45, 2.75) is 45.7 Å². The van der Waals surface area contributed by atoms with E-state index in [1.165, 1.54) is 22.2 Å². The van der Waals surface area contributed by atoms with Crippen molar-refractivity contribution < 1.29 is 14.4 Å². The fourth-order valence-corrected chi connectivity index (χ4v) is 5.11. The average Bonchev–Trinajstić information content (AvgIpc) is 3.21. The molecule has 0 saturated heterocycles. The smallest absolute Gasteiger partial charge is 0.245 e. The van der Waals surface area contributed by atoms with Gasteiger partial charge in [-0.15, -0.1) is 23.1 Å². The van der Waals surface area contributed by atoms with E-state index in [2.05, 4.69) is 22.1 Å². The first-order valence-electron chi connectivity index (χ1n) is 10.5. The van der Waals surface area contributed by atoms with Crippen molar-refractivity contribution in [2.75, 3.05) is 23.4 Å². The number of thioether (sulfide) groups is 1. The van der Waals surface area contributed by atoms with E-state index in [0.717, 1.165) is 24.1 Å². The van der Waals surface area contributed by atoms with Gasteiger partial charge in [0.2, 0.25) is 17.7 Å². The van der Waals surface area contributed by atoms with Crippen LogP contribution in [0.5, 0.6) is 0 Å². The molecular weight excluding hydrogens is 430 g/mol. The molecule has 166 valence electrons. The average molecular weight is 460 g/mol. The summed E-state index contributed by atoms with van der Waals surface area (Å²) >= 11 is 2.98. The van der Waals surface area contributed by atoms with Crippen molar-refractivity contribution in [3.8, 4) is 0 Å². The monoisotopic (exact) mass is 459 g/mol. The fourth-order valence-electron chi connectivity index (χ4n) is 3.60. The lowest BCUT2D eigenvalue weighted by atomic mass is 10.1. The van der Waals surface area contributed by atoms with Crippen molar-refractivity contribution in [3.63, 3.8) is 0 Å². The van der Waals surface area contributed by atoms with E-state index in [-0.39, 0.29) is 29.2 Å². The van der Waals surface area contributed by atoms with E-state index in [4.69, 9.17) is 0 Å². The number of nitrogens with one attached hydrogen (secondary N) is 2. The minimum Gasteiger partial charge on any atom is -0.344 e. The Morgan fingerprint density at radius 2 is 2.00 bits per heavy atom. The highest BCUT2D eigenvalue weighted by Crippen LogP contribution is 2.24. The summed E-state index contributed by atoms with van der Waals surface area (Å²) in [5, 5.41) is 7.78. The Balaban J connectivity index is 1.44. The zero-order valence-electron chi connectivity index (χ0n) is 18.0. The number of carbonyl (C=O) groups excluding carboxylic acids is 3. The van der Waals surface area contributed by atoms with Crippen LogP contribution in [0.15, 0.2) is 35.7 Å². The van der Waals surface area contributed by atoms with Gasteiger partial charge in [0.05, 0.1) is 11.5 Å². The molecule has 0 spiro atoms. The number of nitrogens with zero attached hydrogens (tertiary/aromatic N) is 1. The maximum Gasteiger partial charge on any atom is 0.245 e. The van der Waals surface area contributed by atoms with Gasteiger partial charge < -0.3 is 15.5 Å². The predicted molar refractivity (Wildman–Crippen MR) is 127 cm³/mol. The van der Waals surface area contributed by atoms with Crippen LogP contribution in [0.1, 0.15) is 35.8 Å². The summed E-state index contributed by atoms with van der Waals surface area (Å²) in [4.78, 5) is 40.7. The van der Waals surface area contributed by atoms with Crippen LogP contribution < -0.4 is 10.6 Å². The van der Waals surface area contributed by atoms with Crippen LogP contribution in [-0.4, -0.2) is 46.7 Å². The molecule has 0 saturated carbocycles. The molecule has 3 rings (SSSR count). The van der Waals surface area contributed by atoms with Crippen LogP contribution in [-0.2, 0) is 27.3 Å². The van der Waals surface area contributed by atoms with E-state index in [1.807, 2.05) is 43.0 Å². The number of fused-ring (bicyclic) bond motifs is 1. The van der Waals surface area contributed by atoms with Crippen LogP contribution in [0.25, 0.3) is 0 Å². The van der Waals surface area contributed by atoms with Gasteiger partial charge in [-0.3, -0.25) is 14.4 Å². The number of thiophene rings is 1. The van der Waals surface area contributed by atoms with Crippen molar-refractivity contribution in [1.29, 1.82) is 0 Å². The molecule has 31 heavy (non-hydrogen) atoms. The topological polar surface area (TPSA) is 78.5 Å². The molecule has 1 aliphatic rings. The molecule has 2 heterocycles. The molecule has 1 unspecified atom stereocenters. The van der Waals surface area contributed by atoms with Crippen molar-refractivity contribution in [2.24, 2.45) is 0 Å². The molecule has 1 atom stereocenters. The summed E-state index contributed by atoms with van der Waals surface area (Å²) in [7, 11) is 0. The lowest BCUT2D eigenvalue weighted by Crippen LogP contribution is -2.50. The summed E-state index contributed by atoms with van der Waals surface area (Å²) in [5.74, 6) is -0.0587. The maximum atomic E-state index is 13.0. The number of aryl methyl sites for hydroxylation is 1. The van der Waals surface area contributed by atoms with Crippen LogP contribution in [0.2, 0.25) is 0 Å². The van der Waals surface area contributed by atoms with E-state index in [9.17, 15) is 14.4 Å². The first kappa shape index (κ1) is 23.3. The molecule has 0 bridgehead atoms. The molecular formula is C23H29N3O3S2. The Morgan fingerprint density at radius 3 is 2.77 bits per heavy atom. The van der Waals surface area contributed by atoms with Gasteiger partial charge in [0.25, 0.3) is 0 Å². The molecule has 1 aromatic heterocycles. The Bertz CT molecular complexity index is 928. The second-order valence-corrected chi connectivity index (χ2v) is 9.68. The van der Waals surface area contributed by atoms with Gasteiger partial charge in [0, 0.05) is 23.7 Å². The molecule has 6 nitrogen and oxygen atoms in total. The minimum atomic E-state index is -0.514. The van der Waals surface area contributed by atoms with Gasteiger partial charge in [-0.2, -0.15) is 0 Å². The third-order valence-corrected chi connectivity index (χ3v) is 7.05.